The highest BCUT2D eigenvalue weighted by molar-refractivity contribution is 8.14. The number of amidine groups is 1. The first-order valence-electron chi connectivity index (χ1n) is 6.96. The van der Waals surface area contributed by atoms with Crippen LogP contribution in [-0.4, -0.2) is 27.9 Å². The van der Waals surface area contributed by atoms with E-state index in [1.54, 1.807) is 12.1 Å². The summed E-state index contributed by atoms with van der Waals surface area (Å²) in [5, 5.41) is 11.2. The molecule has 1 atom stereocenters. The molecule has 8 heteroatoms. The van der Waals surface area contributed by atoms with E-state index in [2.05, 4.69) is 15.7 Å². The number of amides is 3. The zero-order chi connectivity index (χ0) is 17.2. The van der Waals surface area contributed by atoms with E-state index < -0.39 is 4.87 Å². The molecule has 2 N–H and O–H groups in total. The molecular formula is C15H18N4O3S. The highest BCUT2D eigenvalue weighted by Crippen LogP contribution is 2.45. The average Bonchev–Trinajstić information content (AvgIpc) is 2.76. The van der Waals surface area contributed by atoms with Gasteiger partial charge in [-0.1, -0.05) is 23.9 Å². The summed E-state index contributed by atoms with van der Waals surface area (Å²) in [6.45, 7) is 6.10. The summed E-state index contributed by atoms with van der Waals surface area (Å²) in [4.78, 5) is 33.4. The molecule has 0 radical (unpaired) electrons. The molecule has 23 heavy (non-hydrogen) atoms. The first-order valence-corrected chi connectivity index (χ1v) is 7.78. The zero-order valence-corrected chi connectivity index (χ0v) is 14.2. The molecule has 0 aromatic heterocycles. The molecule has 1 aliphatic heterocycles. The lowest BCUT2D eigenvalue weighted by molar-refractivity contribution is -0.131. The van der Waals surface area contributed by atoms with Crippen molar-refractivity contribution in [2.24, 2.45) is 5.10 Å². The van der Waals surface area contributed by atoms with Gasteiger partial charge in [0.25, 0.3) is 0 Å². The fraction of sp³-hybridized carbons (Fsp3) is 0.333. The number of nitrogens with one attached hydrogen (secondary N) is 2. The molecule has 7 nitrogen and oxygen atoms in total. The molecule has 0 spiro atoms. The molecule has 1 aliphatic rings. The Bertz CT molecular complexity index is 686. The van der Waals surface area contributed by atoms with Gasteiger partial charge < -0.3 is 10.6 Å². The van der Waals surface area contributed by atoms with Crippen molar-refractivity contribution < 1.29 is 14.4 Å². The van der Waals surface area contributed by atoms with E-state index in [0.29, 0.717) is 10.9 Å². The van der Waals surface area contributed by atoms with Gasteiger partial charge in [0.15, 0.2) is 5.17 Å². The topological polar surface area (TPSA) is 90.9 Å². The Labute approximate surface area is 138 Å². The van der Waals surface area contributed by atoms with Crippen molar-refractivity contribution in [1.29, 1.82) is 0 Å². The molecule has 1 aromatic carbocycles. The maximum absolute atomic E-state index is 11.9. The van der Waals surface area contributed by atoms with E-state index in [-0.39, 0.29) is 17.7 Å². The van der Waals surface area contributed by atoms with E-state index in [1.165, 1.54) is 37.5 Å². The monoisotopic (exact) mass is 334 g/mol. The molecule has 3 amide bonds. The fourth-order valence-electron chi connectivity index (χ4n) is 2.26. The number of hydrogen-bond donors (Lipinski definition) is 2. The van der Waals surface area contributed by atoms with Crippen LogP contribution in [-0.2, 0) is 19.3 Å². The van der Waals surface area contributed by atoms with Gasteiger partial charge in [0.2, 0.25) is 17.7 Å². The van der Waals surface area contributed by atoms with E-state index in [1.807, 2.05) is 19.1 Å². The number of carbonyl (C=O) groups is 3. The maximum atomic E-state index is 11.9. The van der Waals surface area contributed by atoms with Gasteiger partial charge in [-0.3, -0.25) is 14.4 Å². The summed E-state index contributed by atoms with van der Waals surface area (Å²) in [5.41, 5.74) is 1.50. The normalized spacial score (nSPS) is 20.0. The molecule has 1 heterocycles. The Morgan fingerprint density at radius 3 is 2.09 bits per heavy atom. The molecule has 0 bridgehead atoms. The van der Waals surface area contributed by atoms with Crippen molar-refractivity contribution in [3.63, 3.8) is 0 Å². The van der Waals surface area contributed by atoms with Gasteiger partial charge >= 0.3 is 0 Å². The minimum absolute atomic E-state index is 0.152. The number of anilines is 1. The van der Waals surface area contributed by atoms with Gasteiger partial charge in [0.1, 0.15) is 4.87 Å². The molecular weight excluding hydrogens is 316 g/mol. The Hall–Kier alpha value is -2.35. The third kappa shape index (κ3) is 3.70. The second kappa shape index (κ2) is 6.41. The van der Waals surface area contributed by atoms with Crippen LogP contribution < -0.4 is 10.6 Å². The van der Waals surface area contributed by atoms with Gasteiger partial charge in [0, 0.05) is 26.5 Å². The van der Waals surface area contributed by atoms with Crippen LogP contribution in [0.1, 0.15) is 33.3 Å². The van der Waals surface area contributed by atoms with Gasteiger partial charge in [-0.25, -0.2) is 5.01 Å². The van der Waals surface area contributed by atoms with Crippen LogP contribution in [0, 0.1) is 0 Å². The predicted molar refractivity (Wildman–Crippen MR) is 89.5 cm³/mol. The summed E-state index contributed by atoms with van der Waals surface area (Å²) >= 11 is 1.29. The standard InChI is InChI=1S/C15H18N4O3S/c1-9(20)16-13-7-5-12(6-8-13)15(4)19(11(3)22)18-14(23-15)17-10(2)21/h5-8H,1-4H3,(H,16,20)(H,17,18,21)/t15-/m0/s1. The molecule has 1 aromatic rings. The van der Waals surface area contributed by atoms with Crippen molar-refractivity contribution in [3.8, 4) is 0 Å². The Morgan fingerprint density at radius 1 is 1.04 bits per heavy atom. The van der Waals surface area contributed by atoms with E-state index >= 15 is 0 Å². The molecule has 0 unspecified atom stereocenters. The third-order valence-corrected chi connectivity index (χ3v) is 4.40. The molecule has 122 valence electrons. The lowest BCUT2D eigenvalue weighted by Gasteiger charge is -2.31. The molecule has 2 rings (SSSR count). The first kappa shape index (κ1) is 17.0. The second-order valence-corrected chi connectivity index (χ2v) is 6.65. The van der Waals surface area contributed by atoms with Crippen LogP contribution in [0.25, 0.3) is 0 Å². The average molecular weight is 334 g/mol. The summed E-state index contributed by atoms with van der Waals surface area (Å²) in [7, 11) is 0. The van der Waals surface area contributed by atoms with E-state index in [4.69, 9.17) is 0 Å². The largest absolute Gasteiger partial charge is 0.326 e. The third-order valence-electron chi connectivity index (χ3n) is 3.21. The number of nitrogens with zero attached hydrogens (tertiary/aromatic N) is 2. The van der Waals surface area contributed by atoms with Gasteiger partial charge in [-0.15, -0.1) is 5.10 Å². The molecule has 0 fully saturated rings. The first-order chi connectivity index (χ1) is 10.7. The van der Waals surface area contributed by atoms with Crippen LogP contribution in [0.15, 0.2) is 29.4 Å². The lowest BCUT2D eigenvalue weighted by Crippen LogP contribution is -2.37. The minimum atomic E-state index is -0.766. The van der Waals surface area contributed by atoms with Crippen molar-refractivity contribution in [1.82, 2.24) is 10.3 Å². The highest BCUT2D eigenvalue weighted by Gasteiger charge is 2.43. The predicted octanol–water partition coefficient (Wildman–Crippen LogP) is 1.82. The van der Waals surface area contributed by atoms with Crippen LogP contribution in [0.4, 0.5) is 5.69 Å². The van der Waals surface area contributed by atoms with Crippen molar-refractivity contribution in [2.75, 3.05) is 5.32 Å². The van der Waals surface area contributed by atoms with Crippen molar-refractivity contribution in [2.45, 2.75) is 32.6 Å². The SMILES string of the molecule is CC(=O)NC1=NN(C(C)=O)[C@](C)(c2ccc(NC(C)=O)cc2)S1. The van der Waals surface area contributed by atoms with Crippen molar-refractivity contribution >= 4 is 40.3 Å². The number of hydrogen-bond acceptors (Lipinski definition) is 5. The van der Waals surface area contributed by atoms with E-state index in [9.17, 15) is 14.4 Å². The summed E-state index contributed by atoms with van der Waals surface area (Å²) in [5.74, 6) is -0.628. The number of rotatable bonds is 2. The van der Waals surface area contributed by atoms with Gasteiger partial charge in [-0.2, -0.15) is 0 Å². The summed E-state index contributed by atoms with van der Waals surface area (Å²) in [6, 6.07) is 7.16. The number of hydrazone groups is 1. The quantitative estimate of drug-likeness (QED) is 0.863. The number of thioether (sulfide) groups is 1. The van der Waals surface area contributed by atoms with Crippen molar-refractivity contribution in [3.05, 3.63) is 29.8 Å². The number of carbonyl (C=O) groups excluding carboxylic acids is 3. The highest BCUT2D eigenvalue weighted by atomic mass is 32.2. The Kier molecular flexibility index (Phi) is 4.74. The van der Waals surface area contributed by atoms with Crippen LogP contribution in [0.2, 0.25) is 0 Å². The van der Waals surface area contributed by atoms with Crippen LogP contribution >= 0.6 is 11.8 Å². The maximum Gasteiger partial charge on any atom is 0.241 e. The Morgan fingerprint density at radius 2 is 1.61 bits per heavy atom. The molecule has 0 saturated heterocycles. The van der Waals surface area contributed by atoms with Gasteiger partial charge in [-0.05, 0) is 24.6 Å². The van der Waals surface area contributed by atoms with Gasteiger partial charge in [0.05, 0.1) is 0 Å². The minimum Gasteiger partial charge on any atom is -0.326 e. The van der Waals surface area contributed by atoms with Crippen LogP contribution in [0.5, 0.6) is 0 Å². The molecule has 0 aliphatic carbocycles. The Balaban J connectivity index is 2.30. The van der Waals surface area contributed by atoms with Crippen LogP contribution in [0.3, 0.4) is 0 Å². The van der Waals surface area contributed by atoms with E-state index in [0.717, 1.165) is 5.56 Å². The zero-order valence-electron chi connectivity index (χ0n) is 13.3. The number of benzene rings is 1. The summed E-state index contributed by atoms with van der Waals surface area (Å²) < 4.78 is 0. The second-order valence-electron chi connectivity index (χ2n) is 5.26. The smallest absolute Gasteiger partial charge is 0.241 e. The molecule has 0 saturated carbocycles. The summed E-state index contributed by atoms with van der Waals surface area (Å²) in [6.07, 6.45) is 0. The fourth-order valence-corrected chi connectivity index (χ4v) is 3.46. The lowest BCUT2D eigenvalue weighted by atomic mass is 10.1.